The van der Waals surface area contributed by atoms with E-state index in [4.69, 9.17) is 0 Å². The third-order valence-corrected chi connectivity index (χ3v) is 2.03. The van der Waals surface area contributed by atoms with Crippen LogP contribution in [0.4, 0.5) is 13.2 Å². The van der Waals surface area contributed by atoms with Gasteiger partial charge in [0.25, 0.3) is 0 Å². The van der Waals surface area contributed by atoms with Gasteiger partial charge in [-0.2, -0.15) is 0 Å². The summed E-state index contributed by atoms with van der Waals surface area (Å²) in [5, 5.41) is 0. The Morgan fingerprint density at radius 3 is 2.46 bits per heavy atom. The molecule has 0 heterocycles. The third-order valence-electron chi connectivity index (χ3n) is 1.57. The number of rotatable bonds is 3. The average Bonchev–Trinajstić information content (AvgIpc) is 1.99. The van der Waals surface area contributed by atoms with Crippen molar-refractivity contribution in [2.45, 2.75) is 19.3 Å². The van der Waals surface area contributed by atoms with Crippen molar-refractivity contribution in [2.24, 2.45) is 0 Å². The highest BCUT2D eigenvalue weighted by Crippen LogP contribution is 2.17. The van der Waals surface area contributed by atoms with Crippen LogP contribution in [0.1, 0.15) is 12.0 Å². The van der Waals surface area contributed by atoms with Crippen molar-refractivity contribution in [1.29, 1.82) is 0 Å². The van der Waals surface area contributed by atoms with Gasteiger partial charge in [-0.1, -0.05) is 15.9 Å². The first-order valence-electron chi connectivity index (χ1n) is 3.81. The van der Waals surface area contributed by atoms with Crippen LogP contribution in [0, 0.1) is 5.82 Å². The fraction of sp³-hybridized carbons (Fsp3) is 0.333. The first kappa shape index (κ1) is 10.6. The summed E-state index contributed by atoms with van der Waals surface area (Å²) in [6, 6.07) is 4.21. The number of hydrogen-bond donors (Lipinski definition) is 0. The molecule has 0 saturated carbocycles. The standard InChI is InChI=1S/C9H8BrF3/c10-7-3-6(1-2-9(12)13)4-8(11)5-7/h3-5,9H,1-2H2. The van der Waals surface area contributed by atoms with Crippen molar-refractivity contribution >= 4 is 15.9 Å². The van der Waals surface area contributed by atoms with E-state index in [1.165, 1.54) is 12.1 Å². The molecule has 4 heteroatoms. The van der Waals surface area contributed by atoms with Gasteiger partial charge in [0.15, 0.2) is 0 Å². The molecule has 0 saturated heterocycles. The highest BCUT2D eigenvalue weighted by atomic mass is 79.9. The smallest absolute Gasteiger partial charge is 0.211 e. The van der Waals surface area contributed by atoms with Crippen molar-refractivity contribution in [3.05, 3.63) is 34.1 Å². The molecule has 0 fully saturated rings. The van der Waals surface area contributed by atoms with Crippen LogP contribution in [0.15, 0.2) is 22.7 Å². The number of halogens is 4. The van der Waals surface area contributed by atoms with Crippen LogP contribution in [0.25, 0.3) is 0 Å². The Bertz CT molecular complexity index is 266. The highest BCUT2D eigenvalue weighted by Gasteiger charge is 2.04. The Hall–Kier alpha value is -0.510. The molecule has 13 heavy (non-hydrogen) atoms. The number of benzene rings is 1. The summed E-state index contributed by atoms with van der Waals surface area (Å²) in [4.78, 5) is 0. The minimum atomic E-state index is -2.33. The van der Waals surface area contributed by atoms with Gasteiger partial charge >= 0.3 is 0 Å². The zero-order chi connectivity index (χ0) is 9.84. The number of hydrogen-bond acceptors (Lipinski definition) is 0. The Kier molecular flexibility index (Phi) is 3.78. The van der Waals surface area contributed by atoms with Gasteiger partial charge in [0.2, 0.25) is 6.43 Å². The van der Waals surface area contributed by atoms with Crippen LogP contribution in [-0.2, 0) is 6.42 Å². The molecule has 0 aliphatic heterocycles. The van der Waals surface area contributed by atoms with E-state index < -0.39 is 12.2 Å². The fourth-order valence-electron chi connectivity index (χ4n) is 1.03. The van der Waals surface area contributed by atoms with E-state index in [1.807, 2.05) is 0 Å². The monoisotopic (exact) mass is 252 g/mol. The predicted molar refractivity (Wildman–Crippen MR) is 48.4 cm³/mol. The summed E-state index contributed by atoms with van der Waals surface area (Å²) in [7, 11) is 0. The molecule has 0 bridgehead atoms. The molecule has 1 aromatic carbocycles. The molecule has 1 aromatic rings. The zero-order valence-electron chi connectivity index (χ0n) is 6.74. The molecule has 0 unspecified atom stereocenters. The average molecular weight is 253 g/mol. The highest BCUT2D eigenvalue weighted by molar-refractivity contribution is 9.10. The van der Waals surface area contributed by atoms with Gasteiger partial charge in [0, 0.05) is 10.9 Å². The van der Waals surface area contributed by atoms with E-state index in [9.17, 15) is 13.2 Å². The van der Waals surface area contributed by atoms with E-state index in [2.05, 4.69) is 15.9 Å². The summed E-state index contributed by atoms with van der Waals surface area (Å²) in [5.41, 5.74) is 0.590. The molecule has 0 N–H and O–H groups in total. The van der Waals surface area contributed by atoms with Crippen LogP contribution < -0.4 is 0 Å². The molecule has 0 radical (unpaired) electrons. The molecule has 0 aliphatic rings. The van der Waals surface area contributed by atoms with Gasteiger partial charge in [-0.05, 0) is 30.2 Å². The minimum Gasteiger partial charge on any atom is -0.211 e. The second kappa shape index (κ2) is 4.65. The lowest BCUT2D eigenvalue weighted by Gasteiger charge is -2.01. The number of aryl methyl sites for hydroxylation is 1. The lowest BCUT2D eigenvalue weighted by Crippen LogP contribution is -1.94. The van der Waals surface area contributed by atoms with E-state index in [0.717, 1.165) is 0 Å². The van der Waals surface area contributed by atoms with E-state index >= 15 is 0 Å². The van der Waals surface area contributed by atoms with Gasteiger partial charge in [0.05, 0.1) is 0 Å². The SMILES string of the molecule is Fc1cc(Br)cc(CCC(F)F)c1. The quantitative estimate of drug-likeness (QED) is 0.768. The maximum atomic E-state index is 12.7. The maximum absolute atomic E-state index is 12.7. The Balaban J connectivity index is 2.66. The van der Waals surface area contributed by atoms with E-state index in [1.54, 1.807) is 6.07 Å². The lowest BCUT2D eigenvalue weighted by atomic mass is 10.1. The molecular formula is C9H8BrF3. The normalized spacial score (nSPS) is 10.8. The van der Waals surface area contributed by atoms with Crippen molar-refractivity contribution < 1.29 is 13.2 Å². The van der Waals surface area contributed by atoms with E-state index in [0.29, 0.717) is 10.0 Å². The summed E-state index contributed by atoms with van der Waals surface area (Å²) in [6.45, 7) is 0. The maximum Gasteiger partial charge on any atom is 0.239 e. The lowest BCUT2D eigenvalue weighted by molar-refractivity contribution is 0.138. The van der Waals surface area contributed by atoms with Crippen molar-refractivity contribution in [2.75, 3.05) is 0 Å². The van der Waals surface area contributed by atoms with Crippen LogP contribution >= 0.6 is 15.9 Å². The second-order valence-electron chi connectivity index (χ2n) is 2.71. The summed E-state index contributed by atoms with van der Waals surface area (Å²) < 4.78 is 36.9. The summed E-state index contributed by atoms with van der Waals surface area (Å²) in [6.07, 6.45) is -2.36. The Labute approximate surface area is 82.9 Å². The molecule has 0 spiro atoms. The molecule has 0 aliphatic carbocycles. The molecule has 0 aromatic heterocycles. The topological polar surface area (TPSA) is 0 Å². The van der Waals surface area contributed by atoms with Crippen molar-refractivity contribution in [3.63, 3.8) is 0 Å². The molecule has 72 valence electrons. The third kappa shape index (κ3) is 3.81. The van der Waals surface area contributed by atoms with Crippen LogP contribution in [0.2, 0.25) is 0 Å². The Morgan fingerprint density at radius 1 is 1.23 bits per heavy atom. The number of alkyl halides is 2. The largest absolute Gasteiger partial charge is 0.239 e. The van der Waals surface area contributed by atoms with Gasteiger partial charge in [-0.15, -0.1) is 0 Å². The zero-order valence-corrected chi connectivity index (χ0v) is 8.32. The predicted octanol–water partition coefficient (Wildman–Crippen LogP) is 3.79. The van der Waals surface area contributed by atoms with Gasteiger partial charge in [-0.25, -0.2) is 13.2 Å². The first-order valence-corrected chi connectivity index (χ1v) is 4.60. The summed E-state index contributed by atoms with van der Waals surface area (Å²) in [5.74, 6) is -0.404. The van der Waals surface area contributed by atoms with Crippen molar-refractivity contribution in [3.8, 4) is 0 Å². The molecule has 0 nitrogen and oxygen atoms in total. The van der Waals surface area contributed by atoms with Gasteiger partial charge in [-0.3, -0.25) is 0 Å². The fourth-order valence-corrected chi connectivity index (χ4v) is 1.54. The second-order valence-corrected chi connectivity index (χ2v) is 3.62. The molecule has 1 rings (SSSR count). The van der Waals surface area contributed by atoms with Crippen LogP contribution in [0.3, 0.4) is 0 Å². The van der Waals surface area contributed by atoms with Gasteiger partial charge < -0.3 is 0 Å². The van der Waals surface area contributed by atoms with Crippen LogP contribution in [0.5, 0.6) is 0 Å². The summed E-state index contributed by atoms with van der Waals surface area (Å²) >= 11 is 3.09. The van der Waals surface area contributed by atoms with Gasteiger partial charge in [0.1, 0.15) is 5.82 Å². The minimum absolute atomic E-state index is 0.202. The Morgan fingerprint density at radius 2 is 1.92 bits per heavy atom. The first-order chi connectivity index (χ1) is 6.08. The molecule has 0 atom stereocenters. The van der Waals surface area contributed by atoms with Crippen molar-refractivity contribution in [1.82, 2.24) is 0 Å². The van der Waals surface area contributed by atoms with E-state index in [-0.39, 0.29) is 12.8 Å². The van der Waals surface area contributed by atoms with Crippen LogP contribution in [-0.4, -0.2) is 6.43 Å². The molecule has 0 amide bonds. The molecular weight excluding hydrogens is 245 g/mol.